The van der Waals surface area contributed by atoms with Crippen LogP contribution in [-0.2, 0) is 20.6 Å². The van der Waals surface area contributed by atoms with E-state index in [1.807, 2.05) is 18.2 Å². The molecule has 3 rings (SSSR count). The van der Waals surface area contributed by atoms with Crippen LogP contribution in [0.4, 0.5) is 5.69 Å². The van der Waals surface area contributed by atoms with Gasteiger partial charge in [0.15, 0.2) is 0 Å². The van der Waals surface area contributed by atoms with Crippen LogP contribution in [0.5, 0.6) is 0 Å². The fourth-order valence-corrected chi connectivity index (χ4v) is 5.44. The van der Waals surface area contributed by atoms with Crippen LogP contribution in [-0.4, -0.2) is 33.2 Å². The summed E-state index contributed by atoms with van der Waals surface area (Å²) in [5, 5.41) is 3.59. The molecule has 0 aromatic heterocycles. The number of halogens is 2. The maximum Gasteiger partial charge on any atom is 0.264 e. The summed E-state index contributed by atoms with van der Waals surface area (Å²) in [6, 6.07) is 22.3. The molecule has 0 atom stereocenters. The standard InChI is InChI=1S/C23H22Cl2N2O3S2/c24-19-9-11-22(12-10-19)32(29,30)27(21-8-4-7-20(25)15-21)16-23(28)26-13-14-31-17-18-5-2-1-3-6-18/h1-12,15H,13-14,16-17H2,(H,26,28). The van der Waals surface area contributed by atoms with Gasteiger partial charge in [0.05, 0.1) is 10.6 Å². The number of hydrogen-bond donors (Lipinski definition) is 1. The molecule has 0 heterocycles. The third-order valence-electron chi connectivity index (χ3n) is 4.47. The zero-order valence-corrected chi connectivity index (χ0v) is 20.2. The zero-order chi connectivity index (χ0) is 23.0. The topological polar surface area (TPSA) is 66.5 Å². The molecule has 0 saturated heterocycles. The summed E-state index contributed by atoms with van der Waals surface area (Å²) >= 11 is 13.7. The van der Waals surface area contributed by atoms with Gasteiger partial charge in [0, 0.05) is 28.1 Å². The molecular weight excluding hydrogens is 487 g/mol. The first-order valence-electron chi connectivity index (χ1n) is 9.78. The lowest BCUT2D eigenvalue weighted by molar-refractivity contribution is -0.119. The molecule has 0 aliphatic carbocycles. The van der Waals surface area contributed by atoms with Gasteiger partial charge in [-0.3, -0.25) is 9.10 Å². The van der Waals surface area contributed by atoms with Crippen molar-refractivity contribution in [1.82, 2.24) is 5.32 Å². The van der Waals surface area contributed by atoms with E-state index in [2.05, 4.69) is 17.4 Å². The van der Waals surface area contributed by atoms with Gasteiger partial charge in [-0.25, -0.2) is 8.42 Å². The van der Waals surface area contributed by atoms with Gasteiger partial charge in [-0.1, -0.05) is 59.6 Å². The third kappa shape index (κ3) is 6.90. The first-order chi connectivity index (χ1) is 15.4. The van der Waals surface area contributed by atoms with Crippen LogP contribution in [0, 0.1) is 0 Å². The highest BCUT2D eigenvalue weighted by Gasteiger charge is 2.27. The average molecular weight is 509 g/mol. The van der Waals surface area contributed by atoms with Gasteiger partial charge in [0.25, 0.3) is 10.0 Å². The summed E-state index contributed by atoms with van der Waals surface area (Å²) in [6.45, 7) is 0.0648. The van der Waals surface area contributed by atoms with Crippen molar-refractivity contribution in [3.8, 4) is 0 Å². The van der Waals surface area contributed by atoms with Gasteiger partial charge in [-0.2, -0.15) is 11.8 Å². The van der Waals surface area contributed by atoms with Crippen LogP contribution in [0.2, 0.25) is 10.0 Å². The third-order valence-corrected chi connectivity index (χ3v) is 7.77. The van der Waals surface area contributed by atoms with Gasteiger partial charge in [-0.05, 0) is 48.0 Å². The summed E-state index contributed by atoms with van der Waals surface area (Å²) in [5.74, 6) is 1.15. The second-order valence-corrected chi connectivity index (χ2v) is 10.7. The predicted octanol–water partition coefficient (Wildman–Crippen LogP) is 5.24. The lowest BCUT2D eigenvalue weighted by atomic mass is 10.2. The lowest BCUT2D eigenvalue weighted by Crippen LogP contribution is -2.41. The number of carbonyl (C=O) groups excluding carboxylic acids is 1. The molecule has 9 heteroatoms. The Kier molecular flexibility index (Phi) is 8.87. The van der Waals surface area contributed by atoms with E-state index < -0.39 is 15.9 Å². The van der Waals surface area contributed by atoms with E-state index in [-0.39, 0.29) is 11.4 Å². The van der Waals surface area contributed by atoms with Gasteiger partial charge >= 0.3 is 0 Å². The zero-order valence-electron chi connectivity index (χ0n) is 17.1. The van der Waals surface area contributed by atoms with Crippen molar-refractivity contribution in [2.75, 3.05) is 23.1 Å². The Morgan fingerprint density at radius 3 is 2.31 bits per heavy atom. The molecule has 0 radical (unpaired) electrons. The molecule has 0 unspecified atom stereocenters. The molecule has 168 valence electrons. The molecule has 3 aromatic carbocycles. The Morgan fingerprint density at radius 2 is 1.62 bits per heavy atom. The maximum atomic E-state index is 13.3. The number of anilines is 1. The Balaban J connectivity index is 1.66. The van der Waals surface area contributed by atoms with E-state index in [1.165, 1.54) is 35.9 Å². The van der Waals surface area contributed by atoms with Crippen LogP contribution in [0.3, 0.4) is 0 Å². The van der Waals surface area contributed by atoms with Gasteiger partial charge < -0.3 is 5.32 Å². The number of nitrogens with one attached hydrogen (secondary N) is 1. The predicted molar refractivity (Wildman–Crippen MR) is 133 cm³/mol. The monoisotopic (exact) mass is 508 g/mol. The second-order valence-electron chi connectivity index (χ2n) is 6.83. The minimum atomic E-state index is -4.00. The minimum absolute atomic E-state index is 0.0353. The molecule has 5 nitrogen and oxygen atoms in total. The van der Waals surface area contributed by atoms with Crippen LogP contribution in [0.25, 0.3) is 0 Å². The van der Waals surface area contributed by atoms with Crippen LogP contribution in [0.15, 0.2) is 83.8 Å². The highest BCUT2D eigenvalue weighted by Crippen LogP contribution is 2.26. The number of hydrogen-bond acceptors (Lipinski definition) is 4. The number of rotatable bonds is 10. The number of carbonyl (C=O) groups is 1. The van der Waals surface area contributed by atoms with Crippen molar-refractivity contribution in [2.24, 2.45) is 0 Å². The number of nitrogens with zero attached hydrogens (tertiary/aromatic N) is 1. The van der Waals surface area contributed by atoms with Crippen LogP contribution >= 0.6 is 35.0 Å². The highest BCUT2D eigenvalue weighted by atomic mass is 35.5. The van der Waals surface area contributed by atoms with Crippen molar-refractivity contribution in [1.29, 1.82) is 0 Å². The summed E-state index contributed by atoms with van der Waals surface area (Å²) < 4.78 is 27.6. The molecule has 0 fully saturated rings. The van der Waals surface area contributed by atoms with Gasteiger partial charge in [-0.15, -0.1) is 0 Å². The molecule has 0 bridgehead atoms. The molecule has 0 aliphatic heterocycles. The molecule has 1 amide bonds. The summed E-state index contributed by atoms with van der Waals surface area (Å²) in [5.41, 5.74) is 1.52. The summed E-state index contributed by atoms with van der Waals surface area (Å²) in [6.07, 6.45) is 0. The van der Waals surface area contributed by atoms with E-state index in [1.54, 1.807) is 30.0 Å². The molecule has 0 aliphatic rings. The molecular formula is C23H22Cl2N2O3S2. The van der Waals surface area contributed by atoms with Gasteiger partial charge in [0.2, 0.25) is 5.91 Å². The minimum Gasteiger partial charge on any atom is -0.354 e. The number of amides is 1. The van der Waals surface area contributed by atoms with E-state index in [0.717, 1.165) is 10.1 Å². The molecule has 32 heavy (non-hydrogen) atoms. The first-order valence-corrected chi connectivity index (χ1v) is 13.1. The number of benzene rings is 3. The molecule has 3 aromatic rings. The van der Waals surface area contributed by atoms with Crippen LogP contribution in [0.1, 0.15) is 5.56 Å². The van der Waals surface area contributed by atoms with Crippen molar-refractivity contribution < 1.29 is 13.2 Å². The largest absolute Gasteiger partial charge is 0.354 e. The smallest absolute Gasteiger partial charge is 0.264 e. The number of thioether (sulfide) groups is 1. The maximum absolute atomic E-state index is 13.3. The Bertz CT molecular complexity index is 1140. The van der Waals surface area contributed by atoms with E-state index >= 15 is 0 Å². The van der Waals surface area contributed by atoms with Crippen molar-refractivity contribution >= 4 is 56.6 Å². The SMILES string of the molecule is O=C(CN(c1cccc(Cl)c1)S(=O)(=O)c1ccc(Cl)cc1)NCCSCc1ccccc1. The fourth-order valence-electron chi connectivity index (χ4n) is 2.89. The normalized spacial score (nSPS) is 11.2. The first kappa shape index (κ1) is 24.5. The fraction of sp³-hybridized carbons (Fsp3) is 0.174. The van der Waals surface area contributed by atoms with E-state index in [0.29, 0.717) is 28.0 Å². The van der Waals surface area contributed by atoms with Gasteiger partial charge in [0.1, 0.15) is 6.54 Å². The highest BCUT2D eigenvalue weighted by molar-refractivity contribution is 7.98. The number of sulfonamides is 1. The molecule has 0 saturated carbocycles. The molecule has 0 spiro atoms. The summed E-state index contributed by atoms with van der Waals surface area (Å²) in [7, 11) is -4.00. The average Bonchev–Trinajstić information content (AvgIpc) is 2.78. The van der Waals surface area contributed by atoms with E-state index in [4.69, 9.17) is 23.2 Å². The quantitative estimate of drug-likeness (QED) is 0.380. The van der Waals surface area contributed by atoms with Crippen molar-refractivity contribution in [2.45, 2.75) is 10.6 Å². The Labute approximate surface area is 202 Å². The molecule has 1 N–H and O–H groups in total. The van der Waals surface area contributed by atoms with Crippen molar-refractivity contribution in [3.05, 3.63) is 94.5 Å². The second kappa shape index (κ2) is 11.6. The van der Waals surface area contributed by atoms with Crippen LogP contribution < -0.4 is 9.62 Å². The van der Waals surface area contributed by atoms with E-state index in [9.17, 15) is 13.2 Å². The Hall–Kier alpha value is -2.19. The van der Waals surface area contributed by atoms with Crippen molar-refractivity contribution in [3.63, 3.8) is 0 Å². The Morgan fingerprint density at radius 1 is 0.906 bits per heavy atom. The lowest BCUT2D eigenvalue weighted by Gasteiger charge is -2.24. The summed E-state index contributed by atoms with van der Waals surface area (Å²) in [4.78, 5) is 12.6.